The van der Waals surface area contributed by atoms with E-state index in [0.29, 0.717) is 19.1 Å². The molecule has 0 aromatic heterocycles. The van der Waals surface area contributed by atoms with Crippen molar-refractivity contribution in [2.45, 2.75) is 25.3 Å². The van der Waals surface area contributed by atoms with Gasteiger partial charge in [0.15, 0.2) is 0 Å². The zero-order chi connectivity index (χ0) is 16.5. The van der Waals surface area contributed by atoms with Crippen LogP contribution in [0.1, 0.15) is 29.9 Å². The number of hydrogen-bond acceptors (Lipinski definition) is 3. The fraction of sp³-hybridized carbons (Fsp3) is 0.368. The quantitative estimate of drug-likeness (QED) is 0.896. The molecule has 0 bridgehead atoms. The van der Waals surface area contributed by atoms with E-state index in [2.05, 4.69) is 15.5 Å². The van der Waals surface area contributed by atoms with Crippen molar-refractivity contribution in [3.63, 3.8) is 0 Å². The molecule has 24 heavy (non-hydrogen) atoms. The van der Waals surface area contributed by atoms with E-state index in [1.165, 1.54) is 12.1 Å². The number of benzene rings is 2. The molecule has 0 aliphatic carbocycles. The first-order valence-electron chi connectivity index (χ1n) is 8.48. The van der Waals surface area contributed by atoms with Crippen molar-refractivity contribution < 1.29 is 8.78 Å². The fourth-order valence-corrected chi connectivity index (χ4v) is 3.77. The van der Waals surface area contributed by atoms with E-state index < -0.39 is 0 Å². The molecule has 4 rings (SSSR count). The molecule has 3 nitrogen and oxygen atoms in total. The zero-order valence-corrected chi connectivity index (χ0v) is 13.5. The Kier molecular flexibility index (Phi) is 4.10. The highest BCUT2D eigenvalue weighted by atomic mass is 19.1. The van der Waals surface area contributed by atoms with Crippen molar-refractivity contribution in [3.8, 4) is 0 Å². The van der Waals surface area contributed by atoms with Gasteiger partial charge in [-0.1, -0.05) is 12.1 Å². The summed E-state index contributed by atoms with van der Waals surface area (Å²) >= 11 is 0. The van der Waals surface area contributed by atoms with Gasteiger partial charge in [0.1, 0.15) is 11.6 Å². The van der Waals surface area contributed by atoms with Gasteiger partial charge in [-0.3, -0.25) is 0 Å². The van der Waals surface area contributed by atoms with Crippen LogP contribution in [0.2, 0.25) is 0 Å². The van der Waals surface area contributed by atoms with Crippen LogP contribution in [-0.2, 0) is 6.54 Å². The van der Waals surface area contributed by atoms with E-state index in [1.54, 1.807) is 18.2 Å². The summed E-state index contributed by atoms with van der Waals surface area (Å²) in [4.78, 5) is 2.07. The first kappa shape index (κ1) is 15.4. The van der Waals surface area contributed by atoms with Gasteiger partial charge in [-0.05, 0) is 67.2 Å². The predicted octanol–water partition coefficient (Wildman–Crippen LogP) is 3.82. The Balaban J connectivity index is 1.64. The number of hydrogen-bond donors (Lipinski definition) is 2. The lowest BCUT2D eigenvalue weighted by Crippen LogP contribution is -2.27. The standard InChI is InChI=1S/C19H21F2N3/c20-15-3-1-2-13(8-15)11-24-12-23-19-17(9-16(21)10-18(19)24)14-4-6-22-7-5-14/h1-3,8-10,14,22-23H,4-7,11-12H2. The third kappa shape index (κ3) is 2.96. The Hall–Kier alpha value is -2.14. The van der Waals surface area contributed by atoms with Gasteiger partial charge in [0, 0.05) is 6.54 Å². The molecule has 1 saturated heterocycles. The number of rotatable bonds is 3. The minimum atomic E-state index is -0.241. The molecule has 2 aliphatic heterocycles. The van der Waals surface area contributed by atoms with Crippen molar-refractivity contribution in [1.29, 1.82) is 0 Å². The number of halogens is 2. The van der Waals surface area contributed by atoms with Crippen LogP contribution in [0.4, 0.5) is 20.2 Å². The molecule has 0 saturated carbocycles. The second kappa shape index (κ2) is 6.40. The predicted molar refractivity (Wildman–Crippen MR) is 92.3 cm³/mol. The van der Waals surface area contributed by atoms with Crippen molar-refractivity contribution in [2.24, 2.45) is 0 Å². The summed E-state index contributed by atoms with van der Waals surface area (Å²) in [5.74, 6) is -0.0536. The molecule has 0 amide bonds. The smallest absolute Gasteiger partial charge is 0.125 e. The largest absolute Gasteiger partial charge is 0.366 e. The van der Waals surface area contributed by atoms with Crippen LogP contribution >= 0.6 is 0 Å². The Morgan fingerprint density at radius 1 is 1.04 bits per heavy atom. The average Bonchev–Trinajstić information content (AvgIpc) is 2.98. The highest BCUT2D eigenvalue weighted by Gasteiger charge is 2.27. The molecule has 0 spiro atoms. The van der Waals surface area contributed by atoms with Gasteiger partial charge < -0.3 is 15.5 Å². The third-order valence-corrected chi connectivity index (χ3v) is 4.94. The van der Waals surface area contributed by atoms with E-state index >= 15 is 0 Å². The van der Waals surface area contributed by atoms with Crippen LogP contribution in [-0.4, -0.2) is 19.8 Å². The first-order valence-corrected chi connectivity index (χ1v) is 8.48. The molecule has 5 heteroatoms. The zero-order valence-electron chi connectivity index (χ0n) is 13.5. The Morgan fingerprint density at radius 2 is 1.88 bits per heavy atom. The summed E-state index contributed by atoms with van der Waals surface area (Å²) in [6.45, 7) is 3.13. The Bertz CT molecular complexity index is 741. The van der Waals surface area contributed by atoms with Crippen LogP contribution in [0, 0.1) is 11.6 Å². The lowest BCUT2D eigenvalue weighted by molar-refractivity contribution is 0.459. The maximum atomic E-state index is 14.2. The SMILES string of the molecule is Fc1cccc(CN2CNc3c(C4CCNCC4)cc(F)cc32)c1. The topological polar surface area (TPSA) is 27.3 Å². The molecule has 1 fully saturated rings. The average molecular weight is 329 g/mol. The normalized spacial score (nSPS) is 17.7. The van der Waals surface area contributed by atoms with E-state index in [0.717, 1.165) is 48.4 Å². The summed E-state index contributed by atoms with van der Waals surface area (Å²) in [6, 6.07) is 9.83. The summed E-state index contributed by atoms with van der Waals surface area (Å²) in [5.41, 5.74) is 3.89. The molecular formula is C19H21F2N3. The third-order valence-electron chi connectivity index (χ3n) is 4.94. The number of nitrogens with one attached hydrogen (secondary N) is 2. The van der Waals surface area contributed by atoms with Gasteiger partial charge in [-0.2, -0.15) is 0 Å². The molecular weight excluding hydrogens is 308 g/mol. The first-order chi connectivity index (χ1) is 11.7. The molecule has 0 radical (unpaired) electrons. The highest BCUT2D eigenvalue weighted by molar-refractivity contribution is 5.78. The fourth-order valence-electron chi connectivity index (χ4n) is 3.77. The van der Waals surface area contributed by atoms with Crippen LogP contribution in [0.25, 0.3) is 0 Å². The van der Waals surface area contributed by atoms with Gasteiger partial charge in [-0.25, -0.2) is 8.78 Å². The van der Waals surface area contributed by atoms with Gasteiger partial charge in [0.25, 0.3) is 0 Å². The monoisotopic (exact) mass is 329 g/mol. The molecule has 2 aromatic rings. The summed E-state index contributed by atoms with van der Waals surface area (Å²) in [5, 5.41) is 6.78. The number of nitrogens with zero attached hydrogens (tertiary/aromatic N) is 1. The van der Waals surface area contributed by atoms with Crippen LogP contribution < -0.4 is 15.5 Å². The highest BCUT2D eigenvalue weighted by Crippen LogP contribution is 2.41. The lowest BCUT2D eigenvalue weighted by atomic mass is 9.88. The van der Waals surface area contributed by atoms with E-state index in [9.17, 15) is 8.78 Å². The number of anilines is 2. The van der Waals surface area contributed by atoms with Crippen molar-refractivity contribution in [2.75, 3.05) is 30.0 Å². The van der Waals surface area contributed by atoms with Gasteiger partial charge in [-0.15, -0.1) is 0 Å². The molecule has 2 aromatic carbocycles. The minimum Gasteiger partial charge on any atom is -0.366 e. The second-order valence-electron chi connectivity index (χ2n) is 6.58. The lowest BCUT2D eigenvalue weighted by Gasteiger charge is -2.25. The Morgan fingerprint density at radius 3 is 2.67 bits per heavy atom. The van der Waals surface area contributed by atoms with Gasteiger partial charge in [0.05, 0.1) is 18.0 Å². The maximum absolute atomic E-state index is 14.2. The van der Waals surface area contributed by atoms with Crippen molar-refractivity contribution in [3.05, 3.63) is 59.2 Å². The molecule has 2 N–H and O–H groups in total. The van der Waals surface area contributed by atoms with E-state index in [1.807, 2.05) is 6.07 Å². The number of fused-ring (bicyclic) bond motifs is 1. The van der Waals surface area contributed by atoms with Crippen molar-refractivity contribution >= 4 is 11.4 Å². The summed E-state index contributed by atoms with van der Waals surface area (Å²) in [6.07, 6.45) is 2.06. The van der Waals surface area contributed by atoms with Crippen LogP contribution in [0.15, 0.2) is 36.4 Å². The van der Waals surface area contributed by atoms with E-state index in [-0.39, 0.29) is 11.6 Å². The summed E-state index contributed by atoms with van der Waals surface area (Å²) in [7, 11) is 0. The molecule has 0 atom stereocenters. The van der Waals surface area contributed by atoms with Crippen LogP contribution in [0.5, 0.6) is 0 Å². The van der Waals surface area contributed by atoms with Crippen LogP contribution in [0.3, 0.4) is 0 Å². The molecule has 0 unspecified atom stereocenters. The molecule has 2 heterocycles. The molecule has 2 aliphatic rings. The van der Waals surface area contributed by atoms with Gasteiger partial charge in [0.2, 0.25) is 0 Å². The van der Waals surface area contributed by atoms with Gasteiger partial charge >= 0.3 is 0 Å². The number of piperidine rings is 1. The van der Waals surface area contributed by atoms with E-state index in [4.69, 9.17) is 0 Å². The maximum Gasteiger partial charge on any atom is 0.125 e. The Labute approximate surface area is 140 Å². The minimum absolute atomic E-state index is 0.199. The molecule has 126 valence electrons. The second-order valence-corrected chi connectivity index (χ2v) is 6.58. The van der Waals surface area contributed by atoms with Crippen molar-refractivity contribution in [1.82, 2.24) is 5.32 Å². The summed E-state index contributed by atoms with van der Waals surface area (Å²) < 4.78 is 27.6.